The fourth-order valence-corrected chi connectivity index (χ4v) is 3.34. The van der Waals surface area contributed by atoms with E-state index in [1.165, 1.54) is 4.68 Å². The molecule has 138 valence electrons. The maximum Gasteiger partial charge on any atom is 0.288 e. The Kier molecular flexibility index (Phi) is 5.23. The van der Waals surface area contributed by atoms with E-state index in [0.29, 0.717) is 17.9 Å². The molecule has 1 aliphatic rings. The number of ether oxygens (including phenoxy) is 2. The summed E-state index contributed by atoms with van der Waals surface area (Å²) in [7, 11) is 0. The largest absolute Gasteiger partial charge is 0.457 e. The van der Waals surface area contributed by atoms with Crippen molar-refractivity contribution in [1.29, 1.82) is 0 Å². The Balaban J connectivity index is 1.58. The van der Waals surface area contributed by atoms with E-state index in [0.717, 1.165) is 30.6 Å². The SMILES string of the molecule is O=c1c(Cl)c(-c2ccc(Oc3ccccc3)cc2)cnn1C1CCCCO1. The summed E-state index contributed by atoms with van der Waals surface area (Å²) < 4.78 is 12.8. The van der Waals surface area contributed by atoms with E-state index >= 15 is 0 Å². The Hall–Kier alpha value is -2.63. The topological polar surface area (TPSA) is 53.3 Å². The van der Waals surface area contributed by atoms with Crippen LogP contribution < -0.4 is 10.3 Å². The third kappa shape index (κ3) is 3.89. The third-order valence-corrected chi connectivity index (χ3v) is 4.88. The second-order valence-corrected chi connectivity index (χ2v) is 6.76. The molecular weight excluding hydrogens is 364 g/mol. The van der Waals surface area contributed by atoms with Gasteiger partial charge in [0, 0.05) is 12.2 Å². The van der Waals surface area contributed by atoms with Crippen molar-refractivity contribution in [2.24, 2.45) is 0 Å². The Morgan fingerprint density at radius 3 is 2.48 bits per heavy atom. The quantitative estimate of drug-likeness (QED) is 0.633. The van der Waals surface area contributed by atoms with Crippen LogP contribution in [-0.2, 0) is 4.74 Å². The van der Waals surface area contributed by atoms with Gasteiger partial charge in [0.15, 0.2) is 6.23 Å². The summed E-state index contributed by atoms with van der Waals surface area (Å²) in [5.74, 6) is 1.47. The highest BCUT2D eigenvalue weighted by molar-refractivity contribution is 6.33. The molecule has 0 aliphatic carbocycles. The van der Waals surface area contributed by atoms with E-state index in [1.807, 2.05) is 54.6 Å². The van der Waals surface area contributed by atoms with Crippen molar-refractivity contribution in [2.45, 2.75) is 25.5 Å². The first-order valence-electron chi connectivity index (χ1n) is 8.94. The number of halogens is 1. The molecule has 0 spiro atoms. The molecule has 1 unspecified atom stereocenters. The Bertz CT molecular complexity index is 965. The minimum absolute atomic E-state index is 0.149. The maximum atomic E-state index is 12.6. The lowest BCUT2D eigenvalue weighted by Gasteiger charge is -2.23. The van der Waals surface area contributed by atoms with Gasteiger partial charge >= 0.3 is 0 Å². The van der Waals surface area contributed by atoms with Crippen molar-refractivity contribution in [3.05, 3.63) is 76.2 Å². The van der Waals surface area contributed by atoms with Gasteiger partial charge in [-0.05, 0) is 49.1 Å². The lowest BCUT2D eigenvalue weighted by Crippen LogP contribution is -2.31. The molecule has 6 heteroatoms. The molecule has 1 saturated heterocycles. The van der Waals surface area contributed by atoms with Gasteiger partial charge in [0.2, 0.25) is 0 Å². The van der Waals surface area contributed by atoms with Gasteiger partial charge < -0.3 is 9.47 Å². The van der Waals surface area contributed by atoms with Gasteiger partial charge in [-0.1, -0.05) is 41.9 Å². The van der Waals surface area contributed by atoms with Crippen molar-refractivity contribution < 1.29 is 9.47 Å². The monoisotopic (exact) mass is 382 g/mol. The lowest BCUT2D eigenvalue weighted by molar-refractivity contribution is -0.0424. The van der Waals surface area contributed by atoms with Crippen LogP contribution in [-0.4, -0.2) is 16.4 Å². The van der Waals surface area contributed by atoms with Gasteiger partial charge in [-0.25, -0.2) is 0 Å². The van der Waals surface area contributed by atoms with E-state index < -0.39 is 0 Å². The molecule has 0 radical (unpaired) electrons. The van der Waals surface area contributed by atoms with Gasteiger partial charge in [-0.2, -0.15) is 9.78 Å². The molecule has 0 saturated carbocycles. The zero-order valence-corrected chi connectivity index (χ0v) is 15.4. The summed E-state index contributed by atoms with van der Waals surface area (Å²) in [6.07, 6.45) is 4.08. The van der Waals surface area contributed by atoms with Crippen LogP contribution >= 0.6 is 11.6 Å². The summed E-state index contributed by atoms with van der Waals surface area (Å²) >= 11 is 6.36. The van der Waals surface area contributed by atoms with Crippen LogP contribution in [0.4, 0.5) is 0 Å². The van der Waals surface area contributed by atoms with Crippen LogP contribution in [0.3, 0.4) is 0 Å². The van der Waals surface area contributed by atoms with Crippen LogP contribution in [0.2, 0.25) is 5.02 Å². The molecule has 1 aromatic heterocycles. The Morgan fingerprint density at radius 2 is 1.78 bits per heavy atom. The lowest BCUT2D eigenvalue weighted by atomic mass is 10.1. The molecule has 0 amide bonds. The molecule has 1 atom stereocenters. The summed E-state index contributed by atoms with van der Waals surface area (Å²) in [6.45, 7) is 0.640. The number of hydrogen-bond acceptors (Lipinski definition) is 4. The van der Waals surface area contributed by atoms with E-state index in [2.05, 4.69) is 5.10 Å². The normalized spacial score (nSPS) is 16.9. The predicted molar refractivity (Wildman–Crippen MR) is 104 cm³/mol. The van der Waals surface area contributed by atoms with E-state index in [1.54, 1.807) is 6.20 Å². The van der Waals surface area contributed by atoms with E-state index in [-0.39, 0.29) is 16.8 Å². The van der Waals surface area contributed by atoms with E-state index in [4.69, 9.17) is 21.1 Å². The molecule has 5 nitrogen and oxygen atoms in total. The third-order valence-electron chi connectivity index (χ3n) is 4.52. The smallest absolute Gasteiger partial charge is 0.288 e. The van der Waals surface area contributed by atoms with Crippen molar-refractivity contribution >= 4 is 11.6 Å². The molecule has 2 heterocycles. The van der Waals surface area contributed by atoms with Crippen molar-refractivity contribution in [2.75, 3.05) is 6.61 Å². The maximum absolute atomic E-state index is 12.6. The molecule has 1 fully saturated rings. The number of rotatable bonds is 4. The van der Waals surface area contributed by atoms with Crippen LogP contribution in [0.5, 0.6) is 11.5 Å². The molecule has 27 heavy (non-hydrogen) atoms. The second-order valence-electron chi connectivity index (χ2n) is 6.38. The molecule has 2 aromatic carbocycles. The van der Waals surface area contributed by atoms with Gasteiger partial charge in [0.05, 0.1) is 6.20 Å². The summed E-state index contributed by atoms with van der Waals surface area (Å²) in [5, 5.41) is 4.44. The van der Waals surface area contributed by atoms with Crippen LogP contribution in [0.1, 0.15) is 25.5 Å². The molecule has 3 aromatic rings. The number of nitrogens with zero attached hydrogens (tertiary/aromatic N) is 2. The molecular formula is C21H19ClN2O3. The zero-order valence-electron chi connectivity index (χ0n) is 14.7. The Morgan fingerprint density at radius 1 is 1.04 bits per heavy atom. The van der Waals surface area contributed by atoms with Crippen molar-refractivity contribution in [3.8, 4) is 22.6 Å². The number of hydrogen-bond donors (Lipinski definition) is 0. The predicted octanol–water partition coefficient (Wildman–Crippen LogP) is 5.06. The van der Waals surface area contributed by atoms with E-state index in [9.17, 15) is 4.79 Å². The highest BCUT2D eigenvalue weighted by Gasteiger charge is 2.20. The minimum Gasteiger partial charge on any atom is -0.457 e. The standard InChI is InChI=1S/C21H19ClN2O3/c22-20-18(14-23-24(21(20)25)19-8-4-5-13-26-19)15-9-11-17(12-10-15)27-16-6-2-1-3-7-16/h1-3,6-7,9-12,14,19H,4-5,8,13H2. The number of benzene rings is 2. The fourth-order valence-electron chi connectivity index (χ4n) is 3.09. The molecule has 1 aliphatic heterocycles. The van der Waals surface area contributed by atoms with Crippen molar-refractivity contribution in [1.82, 2.24) is 9.78 Å². The molecule has 4 rings (SSSR count). The summed E-state index contributed by atoms with van der Waals surface area (Å²) in [5.41, 5.74) is 1.08. The van der Waals surface area contributed by atoms with Crippen LogP contribution in [0.25, 0.3) is 11.1 Å². The second kappa shape index (κ2) is 7.94. The first kappa shape index (κ1) is 17.8. The molecule has 0 N–H and O–H groups in total. The van der Waals surface area contributed by atoms with Gasteiger partial charge in [0.1, 0.15) is 16.5 Å². The minimum atomic E-state index is -0.334. The van der Waals surface area contributed by atoms with Gasteiger partial charge in [-0.15, -0.1) is 0 Å². The average molecular weight is 383 g/mol. The van der Waals surface area contributed by atoms with Gasteiger partial charge in [0.25, 0.3) is 5.56 Å². The highest BCUT2D eigenvalue weighted by Crippen LogP contribution is 2.29. The number of aromatic nitrogens is 2. The Labute approximate surface area is 162 Å². The highest BCUT2D eigenvalue weighted by atomic mass is 35.5. The zero-order chi connectivity index (χ0) is 18.6. The first-order chi connectivity index (χ1) is 13.2. The van der Waals surface area contributed by atoms with Crippen LogP contribution in [0, 0.1) is 0 Å². The fraction of sp³-hybridized carbons (Fsp3) is 0.238. The van der Waals surface area contributed by atoms with Gasteiger partial charge in [-0.3, -0.25) is 4.79 Å². The average Bonchev–Trinajstić information content (AvgIpc) is 2.72. The van der Waals surface area contributed by atoms with Crippen molar-refractivity contribution in [3.63, 3.8) is 0 Å². The first-order valence-corrected chi connectivity index (χ1v) is 9.32. The summed E-state index contributed by atoms with van der Waals surface area (Å²) in [4.78, 5) is 12.6. The molecule has 0 bridgehead atoms. The summed E-state index contributed by atoms with van der Waals surface area (Å²) in [6, 6.07) is 17.0. The number of para-hydroxylation sites is 1. The van der Waals surface area contributed by atoms with Crippen LogP contribution in [0.15, 0.2) is 65.6 Å².